The van der Waals surface area contributed by atoms with Crippen molar-refractivity contribution in [2.75, 3.05) is 0 Å². The highest BCUT2D eigenvalue weighted by molar-refractivity contribution is 7.99. The van der Waals surface area contributed by atoms with Crippen molar-refractivity contribution in [3.63, 3.8) is 0 Å². The number of hydrogen-bond donors (Lipinski definition) is 1. The summed E-state index contributed by atoms with van der Waals surface area (Å²) >= 11 is 7.84. The summed E-state index contributed by atoms with van der Waals surface area (Å²) < 4.78 is 1.50. The minimum atomic E-state index is -0.399. The van der Waals surface area contributed by atoms with Crippen LogP contribution >= 0.6 is 23.4 Å². The average Bonchev–Trinajstić information content (AvgIpc) is 3.11. The zero-order valence-corrected chi connectivity index (χ0v) is 16.7. The van der Waals surface area contributed by atoms with Gasteiger partial charge in [-0.25, -0.2) is 15.0 Å². The Kier molecular flexibility index (Phi) is 6.08. The number of benzene rings is 1. The molecule has 2 aromatic heterocycles. The van der Waals surface area contributed by atoms with Crippen LogP contribution in [0.4, 0.5) is 0 Å². The SMILES string of the molecule is CC(C)Sc1cc(Cl)cc(C(=O)N[C@H](C)c2ncnn2-c2ncccn2)c1. The van der Waals surface area contributed by atoms with Gasteiger partial charge < -0.3 is 5.32 Å². The zero-order chi connectivity index (χ0) is 19.4. The molecule has 0 fully saturated rings. The number of aromatic nitrogens is 5. The van der Waals surface area contributed by atoms with Crippen LogP contribution in [0.25, 0.3) is 5.95 Å². The Morgan fingerprint density at radius 3 is 2.59 bits per heavy atom. The van der Waals surface area contributed by atoms with Crippen molar-refractivity contribution in [3.05, 3.63) is 59.4 Å². The molecule has 0 aliphatic carbocycles. The van der Waals surface area contributed by atoms with Gasteiger partial charge in [0.05, 0.1) is 6.04 Å². The molecule has 3 rings (SSSR count). The third kappa shape index (κ3) is 4.84. The topological polar surface area (TPSA) is 85.6 Å². The number of nitrogens with zero attached hydrogens (tertiary/aromatic N) is 5. The number of nitrogens with one attached hydrogen (secondary N) is 1. The van der Waals surface area contributed by atoms with Crippen molar-refractivity contribution in [1.29, 1.82) is 0 Å². The van der Waals surface area contributed by atoms with E-state index in [0.29, 0.717) is 27.6 Å². The van der Waals surface area contributed by atoms with Gasteiger partial charge in [0.2, 0.25) is 0 Å². The number of amides is 1. The van der Waals surface area contributed by atoms with Gasteiger partial charge in [0, 0.05) is 33.1 Å². The van der Waals surface area contributed by atoms with Crippen molar-refractivity contribution in [1.82, 2.24) is 30.0 Å². The fourth-order valence-electron chi connectivity index (χ4n) is 2.48. The number of carbonyl (C=O) groups excluding carboxylic acids is 1. The summed E-state index contributed by atoms with van der Waals surface area (Å²) in [5.74, 6) is 0.692. The summed E-state index contributed by atoms with van der Waals surface area (Å²) in [7, 11) is 0. The molecule has 27 heavy (non-hydrogen) atoms. The molecule has 1 amide bonds. The molecule has 0 saturated heterocycles. The summed E-state index contributed by atoms with van der Waals surface area (Å²) in [6, 6.07) is 6.67. The Morgan fingerprint density at radius 2 is 1.89 bits per heavy atom. The third-order valence-corrected chi connectivity index (χ3v) is 4.75. The largest absolute Gasteiger partial charge is 0.342 e. The van der Waals surface area contributed by atoms with Crippen LogP contribution in [0.2, 0.25) is 5.02 Å². The minimum Gasteiger partial charge on any atom is -0.342 e. The van der Waals surface area contributed by atoms with E-state index in [-0.39, 0.29) is 5.91 Å². The number of hydrogen-bond acceptors (Lipinski definition) is 6. The van der Waals surface area contributed by atoms with Crippen LogP contribution in [0.1, 0.15) is 43.0 Å². The van der Waals surface area contributed by atoms with Gasteiger partial charge in [-0.2, -0.15) is 9.78 Å². The van der Waals surface area contributed by atoms with E-state index < -0.39 is 6.04 Å². The average molecular weight is 403 g/mol. The number of carbonyl (C=O) groups is 1. The highest BCUT2D eigenvalue weighted by Gasteiger charge is 2.19. The molecule has 0 aliphatic heterocycles. The molecule has 1 atom stereocenters. The quantitative estimate of drug-likeness (QED) is 0.632. The standard InChI is InChI=1S/C18H19ClN6OS/c1-11(2)27-15-8-13(7-14(19)9-15)17(26)24-12(3)16-22-10-23-25(16)18-20-5-4-6-21-18/h4-12H,1-3H3,(H,24,26)/t12-/m1/s1. The first-order chi connectivity index (χ1) is 12.9. The molecule has 0 saturated carbocycles. The van der Waals surface area contributed by atoms with Gasteiger partial charge in [-0.15, -0.1) is 11.8 Å². The fraction of sp³-hybridized carbons (Fsp3) is 0.278. The molecule has 3 aromatic rings. The molecular formula is C18H19ClN6OS. The van der Waals surface area contributed by atoms with Gasteiger partial charge in [-0.05, 0) is 31.2 Å². The highest BCUT2D eigenvalue weighted by atomic mass is 35.5. The summed E-state index contributed by atoms with van der Waals surface area (Å²) in [5, 5.41) is 8.00. The maximum absolute atomic E-state index is 12.7. The van der Waals surface area contributed by atoms with E-state index in [2.05, 4.69) is 39.2 Å². The van der Waals surface area contributed by atoms with E-state index >= 15 is 0 Å². The second-order valence-corrected chi connectivity index (χ2v) is 8.20. The predicted molar refractivity (Wildman–Crippen MR) is 105 cm³/mol. The first-order valence-corrected chi connectivity index (χ1v) is 9.65. The summed E-state index contributed by atoms with van der Waals surface area (Å²) in [6.45, 7) is 6.01. The monoisotopic (exact) mass is 402 g/mol. The van der Waals surface area contributed by atoms with Crippen molar-refractivity contribution in [2.24, 2.45) is 0 Å². The Labute approximate surface area is 166 Å². The maximum Gasteiger partial charge on any atom is 0.252 e. The number of thioether (sulfide) groups is 1. The third-order valence-electron chi connectivity index (χ3n) is 3.56. The first kappa shape index (κ1) is 19.3. The smallest absolute Gasteiger partial charge is 0.252 e. The first-order valence-electron chi connectivity index (χ1n) is 8.39. The molecule has 0 spiro atoms. The van der Waals surface area contributed by atoms with Crippen LogP contribution in [-0.4, -0.2) is 35.9 Å². The molecule has 9 heteroatoms. The minimum absolute atomic E-state index is 0.237. The molecule has 2 heterocycles. The van der Waals surface area contributed by atoms with Crippen molar-refractivity contribution in [3.8, 4) is 5.95 Å². The van der Waals surface area contributed by atoms with Crippen molar-refractivity contribution < 1.29 is 4.79 Å². The van der Waals surface area contributed by atoms with E-state index in [1.54, 1.807) is 36.3 Å². The lowest BCUT2D eigenvalue weighted by Gasteiger charge is -2.15. The highest BCUT2D eigenvalue weighted by Crippen LogP contribution is 2.27. The summed E-state index contributed by atoms with van der Waals surface area (Å²) in [5.41, 5.74) is 0.500. The van der Waals surface area contributed by atoms with Gasteiger partial charge in [-0.3, -0.25) is 4.79 Å². The lowest BCUT2D eigenvalue weighted by atomic mass is 10.2. The number of halogens is 1. The molecule has 0 unspecified atom stereocenters. The van der Waals surface area contributed by atoms with Crippen molar-refractivity contribution >= 4 is 29.3 Å². The fourth-order valence-corrected chi connectivity index (χ4v) is 3.71. The van der Waals surface area contributed by atoms with E-state index in [9.17, 15) is 4.79 Å². The molecule has 140 valence electrons. The summed E-state index contributed by atoms with van der Waals surface area (Å²) in [6.07, 6.45) is 4.65. The Hall–Kier alpha value is -2.45. The lowest BCUT2D eigenvalue weighted by Crippen LogP contribution is -2.29. The second-order valence-electron chi connectivity index (χ2n) is 6.12. The summed E-state index contributed by atoms with van der Waals surface area (Å²) in [4.78, 5) is 26.3. The van der Waals surface area contributed by atoms with Crippen LogP contribution in [0.3, 0.4) is 0 Å². The molecule has 7 nitrogen and oxygen atoms in total. The normalized spacial score (nSPS) is 12.2. The number of rotatable bonds is 6. The lowest BCUT2D eigenvalue weighted by molar-refractivity contribution is 0.0937. The van der Waals surface area contributed by atoms with Crippen LogP contribution in [0, 0.1) is 0 Å². The van der Waals surface area contributed by atoms with Crippen LogP contribution in [0.15, 0.2) is 47.9 Å². The van der Waals surface area contributed by atoms with Gasteiger partial charge in [0.1, 0.15) is 6.33 Å². The molecule has 0 aliphatic rings. The van der Waals surface area contributed by atoms with E-state index in [1.165, 1.54) is 11.0 Å². The van der Waals surface area contributed by atoms with E-state index in [4.69, 9.17) is 11.6 Å². The van der Waals surface area contributed by atoms with Gasteiger partial charge in [-0.1, -0.05) is 25.4 Å². The van der Waals surface area contributed by atoms with Crippen LogP contribution in [0.5, 0.6) is 0 Å². The Bertz CT molecular complexity index is 931. The second kappa shape index (κ2) is 8.49. The Morgan fingerprint density at radius 1 is 1.15 bits per heavy atom. The molecule has 1 aromatic carbocycles. The molecule has 1 N–H and O–H groups in total. The van der Waals surface area contributed by atoms with Gasteiger partial charge >= 0.3 is 0 Å². The van der Waals surface area contributed by atoms with Crippen LogP contribution in [-0.2, 0) is 0 Å². The predicted octanol–water partition coefficient (Wildman–Crippen LogP) is 3.70. The zero-order valence-electron chi connectivity index (χ0n) is 15.1. The van der Waals surface area contributed by atoms with Gasteiger partial charge in [0.25, 0.3) is 11.9 Å². The van der Waals surface area contributed by atoms with Gasteiger partial charge in [0.15, 0.2) is 5.82 Å². The molecule has 0 bridgehead atoms. The van der Waals surface area contributed by atoms with E-state index in [1.807, 2.05) is 19.1 Å². The molecular weight excluding hydrogens is 384 g/mol. The van der Waals surface area contributed by atoms with Crippen LogP contribution < -0.4 is 5.32 Å². The van der Waals surface area contributed by atoms with Crippen molar-refractivity contribution in [2.45, 2.75) is 37.0 Å². The van der Waals surface area contributed by atoms with E-state index in [0.717, 1.165) is 4.90 Å². The maximum atomic E-state index is 12.7. The Balaban J connectivity index is 1.79. The molecule has 0 radical (unpaired) electrons.